The number of furan rings is 1. The van der Waals surface area contributed by atoms with Crippen LogP contribution in [0.4, 0.5) is 0 Å². The quantitative estimate of drug-likeness (QED) is 0.897. The van der Waals surface area contributed by atoms with Crippen LogP contribution in [0.15, 0.2) is 41.0 Å². The van der Waals surface area contributed by atoms with Gasteiger partial charge in [-0.1, -0.05) is 24.3 Å². The van der Waals surface area contributed by atoms with Gasteiger partial charge in [-0.15, -0.1) is 0 Å². The van der Waals surface area contributed by atoms with Crippen LogP contribution < -0.4 is 0 Å². The van der Waals surface area contributed by atoms with Gasteiger partial charge < -0.3 is 9.52 Å². The lowest BCUT2D eigenvalue weighted by atomic mass is 9.79. The van der Waals surface area contributed by atoms with E-state index in [4.69, 9.17) is 16.0 Å². The monoisotopic (exact) mass is 276 g/mol. The molecule has 1 heterocycles. The van der Waals surface area contributed by atoms with Crippen molar-refractivity contribution in [1.82, 2.24) is 0 Å². The molecule has 2 nitrogen and oxygen atoms in total. The Kier molecular flexibility index (Phi) is 3.63. The molecule has 2 aromatic rings. The van der Waals surface area contributed by atoms with Gasteiger partial charge in [0.05, 0.1) is 12.4 Å². The molecule has 1 aliphatic carbocycles. The van der Waals surface area contributed by atoms with Crippen molar-refractivity contribution in [2.75, 3.05) is 0 Å². The summed E-state index contributed by atoms with van der Waals surface area (Å²) in [6.07, 6.45) is 5.14. The molecule has 0 saturated carbocycles. The summed E-state index contributed by atoms with van der Waals surface area (Å²) in [5.41, 5.74) is 3.50. The van der Waals surface area contributed by atoms with Crippen molar-refractivity contribution in [2.45, 2.75) is 37.7 Å². The van der Waals surface area contributed by atoms with Gasteiger partial charge in [0.1, 0.15) is 0 Å². The Labute approximate surface area is 118 Å². The van der Waals surface area contributed by atoms with Crippen LogP contribution in [0.25, 0.3) is 0 Å². The maximum atomic E-state index is 10.3. The molecule has 1 aromatic carbocycles. The highest BCUT2D eigenvalue weighted by Crippen LogP contribution is 2.39. The first-order valence-corrected chi connectivity index (χ1v) is 7.12. The van der Waals surface area contributed by atoms with E-state index >= 15 is 0 Å². The zero-order valence-corrected chi connectivity index (χ0v) is 11.4. The minimum atomic E-state index is -0.553. The molecule has 2 atom stereocenters. The molecule has 1 aromatic heterocycles. The molecular weight excluding hydrogens is 260 g/mol. The summed E-state index contributed by atoms with van der Waals surface area (Å²) in [7, 11) is 0. The van der Waals surface area contributed by atoms with Gasteiger partial charge in [-0.2, -0.15) is 0 Å². The fourth-order valence-corrected chi connectivity index (χ4v) is 3.28. The van der Waals surface area contributed by atoms with Crippen LogP contribution in [-0.2, 0) is 6.42 Å². The van der Waals surface area contributed by atoms with E-state index in [1.807, 2.05) is 0 Å². The van der Waals surface area contributed by atoms with Crippen molar-refractivity contribution in [3.05, 3.63) is 58.5 Å². The fraction of sp³-hybridized carbons (Fsp3) is 0.375. The van der Waals surface area contributed by atoms with Gasteiger partial charge in [-0.25, -0.2) is 0 Å². The zero-order valence-electron chi connectivity index (χ0n) is 10.7. The van der Waals surface area contributed by atoms with Crippen LogP contribution in [0, 0.1) is 0 Å². The van der Waals surface area contributed by atoms with Gasteiger partial charge in [0.15, 0.2) is 5.22 Å². The molecule has 0 spiro atoms. The lowest BCUT2D eigenvalue weighted by Gasteiger charge is -2.27. The standard InChI is InChI=1S/C16H17ClO2/c17-16-14(8-9-19-16)15(18)10-12-6-3-5-11-4-1-2-7-13(11)12/h1-2,4,7-9,12,15,18H,3,5-6,10H2. The normalized spacial score (nSPS) is 20.0. The third-order valence-electron chi connectivity index (χ3n) is 4.01. The molecule has 0 bridgehead atoms. The van der Waals surface area contributed by atoms with Crippen molar-refractivity contribution in [3.63, 3.8) is 0 Å². The van der Waals surface area contributed by atoms with E-state index in [0.717, 1.165) is 12.8 Å². The summed E-state index contributed by atoms with van der Waals surface area (Å²) in [5.74, 6) is 0.408. The van der Waals surface area contributed by atoms with Crippen molar-refractivity contribution >= 4 is 11.6 Å². The van der Waals surface area contributed by atoms with Crippen LogP contribution in [0.5, 0.6) is 0 Å². The van der Waals surface area contributed by atoms with E-state index in [2.05, 4.69) is 24.3 Å². The largest absolute Gasteiger partial charge is 0.453 e. The van der Waals surface area contributed by atoms with Gasteiger partial charge in [0, 0.05) is 5.56 Å². The molecule has 0 fully saturated rings. The second-order valence-corrected chi connectivity index (χ2v) is 5.53. The summed E-state index contributed by atoms with van der Waals surface area (Å²) in [6.45, 7) is 0. The molecule has 0 amide bonds. The molecule has 3 heteroatoms. The highest BCUT2D eigenvalue weighted by molar-refractivity contribution is 6.29. The van der Waals surface area contributed by atoms with Crippen molar-refractivity contribution in [3.8, 4) is 0 Å². The van der Waals surface area contributed by atoms with E-state index in [1.54, 1.807) is 6.07 Å². The minimum Gasteiger partial charge on any atom is -0.453 e. The maximum absolute atomic E-state index is 10.3. The van der Waals surface area contributed by atoms with E-state index in [0.29, 0.717) is 23.1 Å². The van der Waals surface area contributed by atoms with Crippen LogP contribution in [0.3, 0.4) is 0 Å². The number of hydrogen-bond acceptors (Lipinski definition) is 2. The number of aliphatic hydroxyl groups is 1. The Hall–Kier alpha value is -1.25. The Bertz CT molecular complexity index is 561. The molecule has 2 unspecified atom stereocenters. The highest BCUT2D eigenvalue weighted by Gasteiger charge is 2.24. The van der Waals surface area contributed by atoms with E-state index in [-0.39, 0.29) is 0 Å². The number of fused-ring (bicyclic) bond motifs is 1. The van der Waals surface area contributed by atoms with Crippen molar-refractivity contribution in [2.24, 2.45) is 0 Å². The van der Waals surface area contributed by atoms with Crippen LogP contribution in [0.2, 0.25) is 5.22 Å². The molecule has 0 aliphatic heterocycles. The third kappa shape index (κ3) is 2.56. The minimum absolute atomic E-state index is 0.302. The molecular formula is C16H17ClO2. The molecule has 3 rings (SSSR count). The smallest absolute Gasteiger partial charge is 0.198 e. The second-order valence-electron chi connectivity index (χ2n) is 5.19. The van der Waals surface area contributed by atoms with Gasteiger partial charge >= 0.3 is 0 Å². The number of aliphatic hydroxyl groups excluding tert-OH is 1. The summed E-state index contributed by atoms with van der Waals surface area (Å²) >= 11 is 5.93. The molecule has 1 N–H and O–H groups in total. The third-order valence-corrected chi connectivity index (χ3v) is 4.31. The highest BCUT2D eigenvalue weighted by atomic mass is 35.5. The second kappa shape index (κ2) is 5.40. The van der Waals surface area contributed by atoms with Gasteiger partial charge in [0.2, 0.25) is 0 Å². The SMILES string of the molecule is OC(CC1CCCc2ccccc21)c1ccoc1Cl. The average Bonchev–Trinajstić information content (AvgIpc) is 2.85. The number of hydrogen-bond donors (Lipinski definition) is 1. The Morgan fingerprint density at radius 1 is 1.32 bits per heavy atom. The van der Waals surface area contributed by atoms with Crippen LogP contribution in [-0.4, -0.2) is 5.11 Å². The summed E-state index contributed by atoms with van der Waals surface area (Å²) < 4.78 is 5.05. The average molecular weight is 277 g/mol. The molecule has 1 aliphatic rings. The molecule has 100 valence electrons. The van der Waals surface area contributed by atoms with Gasteiger partial charge in [0.25, 0.3) is 0 Å². The fourth-order valence-electron chi connectivity index (χ4n) is 3.04. The predicted octanol–water partition coefficient (Wildman–Crippen LogP) is 4.48. The zero-order chi connectivity index (χ0) is 13.2. The first-order valence-electron chi connectivity index (χ1n) is 6.74. The summed E-state index contributed by atoms with van der Waals surface area (Å²) in [5, 5.41) is 10.6. The number of halogens is 1. The molecule has 0 saturated heterocycles. The van der Waals surface area contributed by atoms with E-state index < -0.39 is 6.10 Å². The maximum Gasteiger partial charge on any atom is 0.198 e. The number of rotatable bonds is 3. The van der Waals surface area contributed by atoms with Gasteiger partial charge in [-0.05, 0) is 60.4 Å². The predicted molar refractivity (Wildman–Crippen MR) is 75.4 cm³/mol. The van der Waals surface area contributed by atoms with E-state index in [9.17, 15) is 5.11 Å². The van der Waals surface area contributed by atoms with Crippen LogP contribution >= 0.6 is 11.6 Å². The first-order chi connectivity index (χ1) is 9.25. The molecule has 19 heavy (non-hydrogen) atoms. The lowest BCUT2D eigenvalue weighted by Crippen LogP contribution is -2.13. The topological polar surface area (TPSA) is 33.4 Å². The van der Waals surface area contributed by atoms with Crippen LogP contribution in [0.1, 0.15) is 48.0 Å². The van der Waals surface area contributed by atoms with Gasteiger partial charge in [-0.3, -0.25) is 0 Å². The van der Waals surface area contributed by atoms with Crippen molar-refractivity contribution in [1.29, 1.82) is 0 Å². The number of benzene rings is 1. The summed E-state index contributed by atoms with van der Waals surface area (Å²) in [4.78, 5) is 0. The van der Waals surface area contributed by atoms with Crippen molar-refractivity contribution < 1.29 is 9.52 Å². The first kappa shape index (κ1) is 12.8. The Balaban J connectivity index is 1.80. The Morgan fingerprint density at radius 3 is 2.95 bits per heavy atom. The van der Waals surface area contributed by atoms with E-state index in [1.165, 1.54) is 23.8 Å². The Morgan fingerprint density at radius 2 is 2.16 bits per heavy atom. The lowest BCUT2D eigenvalue weighted by molar-refractivity contribution is 0.153. The summed E-state index contributed by atoms with van der Waals surface area (Å²) in [6, 6.07) is 10.3. The molecule has 0 radical (unpaired) electrons. The number of aryl methyl sites for hydroxylation is 1.